The molecule has 0 saturated heterocycles. The monoisotopic (exact) mass is 263 g/mol. The number of nitro groups is 1. The SMILES string of the molecule is CCNc1ncc([N+](=O)[O-])c(Nc2cnn(C)c2)n1. The second-order valence-electron chi connectivity index (χ2n) is 3.74. The molecule has 19 heavy (non-hydrogen) atoms. The van der Waals surface area contributed by atoms with Gasteiger partial charge in [-0.3, -0.25) is 14.8 Å². The number of nitrogens with one attached hydrogen (secondary N) is 2. The zero-order chi connectivity index (χ0) is 13.8. The maximum Gasteiger partial charge on any atom is 0.329 e. The van der Waals surface area contributed by atoms with Crippen LogP contribution in [0.4, 0.5) is 23.1 Å². The van der Waals surface area contributed by atoms with Crippen molar-refractivity contribution in [3.63, 3.8) is 0 Å². The summed E-state index contributed by atoms with van der Waals surface area (Å²) in [6.45, 7) is 2.52. The van der Waals surface area contributed by atoms with Crippen molar-refractivity contribution in [2.75, 3.05) is 17.2 Å². The Morgan fingerprint density at radius 1 is 1.47 bits per heavy atom. The Kier molecular flexibility index (Phi) is 3.55. The van der Waals surface area contributed by atoms with Crippen molar-refractivity contribution in [1.29, 1.82) is 0 Å². The van der Waals surface area contributed by atoms with Gasteiger partial charge in [0.15, 0.2) is 0 Å². The molecular formula is C10H13N7O2. The summed E-state index contributed by atoms with van der Waals surface area (Å²) < 4.78 is 1.58. The molecule has 0 spiro atoms. The Bertz CT molecular complexity index is 595. The van der Waals surface area contributed by atoms with E-state index in [0.717, 1.165) is 0 Å². The molecule has 2 aromatic rings. The van der Waals surface area contributed by atoms with E-state index in [9.17, 15) is 10.1 Å². The van der Waals surface area contributed by atoms with Crippen LogP contribution >= 0.6 is 0 Å². The van der Waals surface area contributed by atoms with E-state index in [1.165, 1.54) is 6.20 Å². The quantitative estimate of drug-likeness (QED) is 0.617. The van der Waals surface area contributed by atoms with E-state index in [-0.39, 0.29) is 11.5 Å². The Hall–Kier alpha value is -2.71. The zero-order valence-corrected chi connectivity index (χ0v) is 10.5. The van der Waals surface area contributed by atoms with Crippen LogP contribution in [-0.4, -0.2) is 31.2 Å². The van der Waals surface area contributed by atoms with Gasteiger partial charge in [-0.25, -0.2) is 4.98 Å². The maximum atomic E-state index is 10.9. The molecule has 2 heterocycles. The second-order valence-corrected chi connectivity index (χ2v) is 3.74. The lowest BCUT2D eigenvalue weighted by atomic mass is 10.4. The van der Waals surface area contributed by atoms with Crippen molar-refractivity contribution in [2.24, 2.45) is 7.05 Å². The number of anilines is 3. The lowest BCUT2D eigenvalue weighted by Gasteiger charge is -2.06. The number of hydrogen-bond acceptors (Lipinski definition) is 7. The van der Waals surface area contributed by atoms with Gasteiger partial charge < -0.3 is 10.6 Å². The predicted molar refractivity (Wildman–Crippen MR) is 69.3 cm³/mol. The van der Waals surface area contributed by atoms with Crippen molar-refractivity contribution in [1.82, 2.24) is 19.7 Å². The molecule has 0 atom stereocenters. The van der Waals surface area contributed by atoms with Crippen LogP contribution in [0.1, 0.15) is 6.92 Å². The van der Waals surface area contributed by atoms with E-state index in [0.29, 0.717) is 18.2 Å². The fourth-order valence-corrected chi connectivity index (χ4v) is 1.47. The minimum absolute atomic E-state index is 0.129. The first-order chi connectivity index (χ1) is 9.10. The first-order valence-corrected chi connectivity index (χ1v) is 5.61. The van der Waals surface area contributed by atoms with Crippen molar-refractivity contribution in [3.8, 4) is 0 Å². The summed E-state index contributed by atoms with van der Waals surface area (Å²) in [5.41, 5.74) is 0.428. The molecule has 100 valence electrons. The molecule has 2 aromatic heterocycles. The molecule has 0 unspecified atom stereocenters. The molecule has 0 radical (unpaired) electrons. The Morgan fingerprint density at radius 2 is 2.26 bits per heavy atom. The summed E-state index contributed by atoms with van der Waals surface area (Å²) in [6, 6.07) is 0. The largest absolute Gasteiger partial charge is 0.354 e. The molecule has 0 fully saturated rings. The zero-order valence-electron chi connectivity index (χ0n) is 10.5. The van der Waals surface area contributed by atoms with Crippen LogP contribution in [0.25, 0.3) is 0 Å². The molecular weight excluding hydrogens is 250 g/mol. The van der Waals surface area contributed by atoms with Crippen LogP contribution in [0.2, 0.25) is 0 Å². The van der Waals surface area contributed by atoms with Gasteiger partial charge in [0.1, 0.15) is 6.20 Å². The lowest BCUT2D eigenvalue weighted by molar-refractivity contribution is -0.384. The highest BCUT2D eigenvalue weighted by molar-refractivity contribution is 5.65. The number of aromatic nitrogens is 4. The highest BCUT2D eigenvalue weighted by Crippen LogP contribution is 2.25. The van der Waals surface area contributed by atoms with Crippen LogP contribution in [0, 0.1) is 10.1 Å². The van der Waals surface area contributed by atoms with Gasteiger partial charge in [-0.05, 0) is 6.92 Å². The molecule has 0 aliphatic carbocycles. The highest BCUT2D eigenvalue weighted by atomic mass is 16.6. The average Bonchev–Trinajstić information content (AvgIpc) is 2.75. The van der Waals surface area contributed by atoms with Gasteiger partial charge in [0.25, 0.3) is 0 Å². The van der Waals surface area contributed by atoms with Gasteiger partial charge in [0.2, 0.25) is 11.8 Å². The van der Waals surface area contributed by atoms with Crippen molar-refractivity contribution in [3.05, 3.63) is 28.7 Å². The van der Waals surface area contributed by atoms with Crippen molar-refractivity contribution < 1.29 is 4.92 Å². The summed E-state index contributed by atoms with van der Waals surface area (Å²) in [7, 11) is 1.75. The molecule has 9 nitrogen and oxygen atoms in total. The molecule has 0 aromatic carbocycles. The smallest absolute Gasteiger partial charge is 0.329 e. The van der Waals surface area contributed by atoms with Crippen LogP contribution < -0.4 is 10.6 Å². The molecule has 2 rings (SSSR count). The fraction of sp³-hybridized carbons (Fsp3) is 0.300. The molecule has 0 aliphatic rings. The number of nitrogens with zero attached hydrogens (tertiary/aromatic N) is 5. The molecule has 0 aliphatic heterocycles. The summed E-state index contributed by atoms with van der Waals surface area (Å²) in [4.78, 5) is 18.3. The number of hydrogen-bond donors (Lipinski definition) is 2. The first kappa shape index (κ1) is 12.7. The second kappa shape index (κ2) is 5.29. The number of aryl methyl sites for hydroxylation is 1. The maximum absolute atomic E-state index is 10.9. The van der Waals surface area contributed by atoms with E-state index in [1.54, 1.807) is 24.1 Å². The molecule has 0 saturated carbocycles. The van der Waals surface area contributed by atoms with Crippen LogP contribution in [0.5, 0.6) is 0 Å². The van der Waals surface area contributed by atoms with E-state index < -0.39 is 4.92 Å². The van der Waals surface area contributed by atoms with E-state index in [4.69, 9.17) is 0 Å². The van der Waals surface area contributed by atoms with E-state index in [2.05, 4.69) is 25.7 Å². The fourth-order valence-electron chi connectivity index (χ4n) is 1.47. The number of rotatable bonds is 5. The Labute approximate surface area is 108 Å². The normalized spacial score (nSPS) is 10.2. The van der Waals surface area contributed by atoms with Gasteiger partial charge in [-0.15, -0.1) is 0 Å². The minimum Gasteiger partial charge on any atom is -0.354 e. The van der Waals surface area contributed by atoms with Gasteiger partial charge in [0.05, 0.1) is 16.8 Å². The first-order valence-electron chi connectivity index (χ1n) is 5.61. The third-order valence-corrected chi connectivity index (χ3v) is 2.27. The topological polar surface area (TPSA) is 111 Å². The van der Waals surface area contributed by atoms with Gasteiger partial charge >= 0.3 is 5.69 Å². The summed E-state index contributed by atoms with van der Waals surface area (Å²) in [5.74, 6) is 0.462. The lowest BCUT2D eigenvalue weighted by Crippen LogP contribution is -2.06. The summed E-state index contributed by atoms with van der Waals surface area (Å²) in [5, 5.41) is 20.7. The van der Waals surface area contributed by atoms with Gasteiger partial charge in [-0.1, -0.05) is 0 Å². The third-order valence-electron chi connectivity index (χ3n) is 2.27. The van der Waals surface area contributed by atoms with Crippen molar-refractivity contribution >= 4 is 23.1 Å². The third kappa shape index (κ3) is 2.94. The van der Waals surface area contributed by atoms with Crippen molar-refractivity contribution in [2.45, 2.75) is 6.92 Å². The Morgan fingerprint density at radius 3 is 2.84 bits per heavy atom. The van der Waals surface area contributed by atoms with Crippen LogP contribution in [0.15, 0.2) is 18.6 Å². The van der Waals surface area contributed by atoms with E-state index in [1.807, 2.05) is 6.92 Å². The Balaban J connectivity index is 2.34. The highest BCUT2D eigenvalue weighted by Gasteiger charge is 2.17. The predicted octanol–water partition coefficient (Wildman–Crippen LogP) is 1.29. The molecule has 9 heteroatoms. The summed E-state index contributed by atoms with van der Waals surface area (Å²) >= 11 is 0. The summed E-state index contributed by atoms with van der Waals surface area (Å²) in [6.07, 6.45) is 4.42. The molecule has 2 N–H and O–H groups in total. The van der Waals surface area contributed by atoms with Crippen LogP contribution in [0.3, 0.4) is 0 Å². The van der Waals surface area contributed by atoms with Gasteiger partial charge in [-0.2, -0.15) is 10.1 Å². The molecule has 0 amide bonds. The van der Waals surface area contributed by atoms with E-state index >= 15 is 0 Å². The minimum atomic E-state index is -0.533. The van der Waals surface area contributed by atoms with Crippen LogP contribution in [-0.2, 0) is 7.05 Å². The average molecular weight is 263 g/mol. The van der Waals surface area contributed by atoms with Gasteiger partial charge in [0, 0.05) is 19.8 Å². The standard InChI is InChI=1S/C10H13N7O2/c1-3-11-10-12-5-8(17(18)19)9(15-10)14-7-4-13-16(2)6-7/h4-6H,3H2,1-2H3,(H2,11,12,14,15). The molecule has 0 bridgehead atoms.